The average Bonchev–Trinajstić information content (AvgIpc) is 3.31. The molecule has 3 aromatic rings. The quantitative estimate of drug-likeness (QED) is 0.311. The molecule has 0 amide bonds. The number of nitro groups is 1. The van der Waals surface area contributed by atoms with E-state index in [2.05, 4.69) is 15.3 Å². The van der Waals surface area contributed by atoms with Gasteiger partial charge in [-0.1, -0.05) is 34.5 Å². The standard InChI is InChI=1S/C16H17FN6O5S/c17-6-5-14(29(26,27)28)9-12-1-3-13(4-2-12)15-10-22(20-19-15)11-21-8-7-18-16(21)23(24)25/h1-4,7-8,10,14H,5-6,9,11H2,(H,26,27,28)/i17-1. The molecule has 0 spiro atoms. The van der Waals surface area contributed by atoms with E-state index in [1.807, 2.05) is 0 Å². The van der Waals surface area contributed by atoms with E-state index in [-0.39, 0.29) is 25.5 Å². The molecule has 29 heavy (non-hydrogen) atoms. The number of imidazole rings is 1. The molecule has 0 fully saturated rings. The van der Waals surface area contributed by atoms with Crippen molar-refractivity contribution in [3.63, 3.8) is 0 Å². The van der Waals surface area contributed by atoms with Crippen LogP contribution < -0.4 is 0 Å². The number of rotatable bonds is 9. The fourth-order valence-electron chi connectivity index (χ4n) is 2.79. The van der Waals surface area contributed by atoms with Crippen LogP contribution in [0, 0.1) is 10.1 Å². The van der Waals surface area contributed by atoms with E-state index in [9.17, 15) is 27.5 Å². The molecule has 0 aliphatic heterocycles. The predicted molar refractivity (Wildman–Crippen MR) is 99.4 cm³/mol. The van der Waals surface area contributed by atoms with Gasteiger partial charge in [0.2, 0.25) is 0 Å². The van der Waals surface area contributed by atoms with Gasteiger partial charge in [-0.05, 0) is 23.3 Å². The van der Waals surface area contributed by atoms with Crippen molar-refractivity contribution in [3.05, 3.63) is 58.5 Å². The summed E-state index contributed by atoms with van der Waals surface area (Å²) < 4.78 is 47.1. The van der Waals surface area contributed by atoms with E-state index in [1.165, 1.54) is 21.6 Å². The smallest absolute Gasteiger partial charge is 0.390 e. The lowest BCUT2D eigenvalue weighted by atomic mass is 10.0. The van der Waals surface area contributed by atoms with Crippen LogP contribution in [0.3, 0.4) is 0 Å². The van der Waals surface area contributed by atoms with Crippen LogP contribution in [0.15, 0.2) is 42.9 Å². The van der Waals surface area contributed by atoms with Gasteiger partial charge >= 0.3 is 5.95 Å². The molecule has 2 heterocycles. The Balaban J connectivity index is 1.72. The monoisotopic (exact) mass is 423 g/mol. The van der Waals surface area contributed by atoms with Crippen molar-refractivity contribution in [2.75, 3.05) is 6.67 Å². The molecule has 1 aromatic carbocycles. The maximum Gasteiger partial charge on any atom is 0.436 e. The van der Waals surface area contributed by atoms with Gasteiger partial charge in [-0.25, -0.2) is 9.25 Å². The molecule has 1 atom stereocenters. The van der Waals surface area contributed by atoms with Gasteiger partial charge in [0.1, 0.15) is 18.1 Å². The zero-order valence-corrected chi connectivity index (χ0v) is 15.8. The van der Waals surface area contributed by atoms with Crippen molar-refractivity contribution in [3.8, 4) is 11.3 Å². The summed E-state index contributed by atoms with van der Waals surface area (Å²) in [6.07, 6.45) is 4.08. The van der Waals surface area contributed by atoms with Crippen LogP contribution in [-0.4, -0.2) is 54.4 Å². The number of alkyl halides is 1. The number of benzene rings is 1. The molecule has 0 radical (unpaired) electrons. The average molecular weight is 423 g/mol. The van der Waals surface area contributed by atoms with Crippen LogP contribution in [0.1, 0.15) is 12.0 Å². The number of hydrogen-bond acceptors (Lipinski definition) is 7. The molecule has 1 N–H and O–H groups in total. The largest absolute Gasteiger partial charge is 0.436 e. The summed E-state index contributed by atoms with van der Waals surface area (Å²) in [6.45, 7) is -0.790. The third-order valence-electron chi connectivity index (χ3n) is 4.26. The van der Waals surface area contributed by atoms with Gasteiger partial charge in [0.25, 0.3) is 10.1 Å². The highest BCUT2D eigenvalue weighted by atomic mass is 32.2. The minimum atomic E-state index is -4.34. The van der Waals surface area contributed by atoms with E-state index in [0.29, 0.717) is 16.8 Å². The topological polar surface area (TPSA) is 146 Å². The van der Waals surface area contributed by atoms with E-state index in [4.69, 9.17) is 0 Å². The van der Waals surface area contributed by atoms with Crippen molar-refractivity contribution in [1.82, 2.24) is 24.5 Å². The Hall–Kier alpha value is -3.19. The highest BCUT2D eigenvalue weighted by Crippen LogP contribution is 2.20. The summed E-state index contributed by atoms with van der Waals surface area (Å²) in [4.78, 5) is 14.0. The van der Waals surface area contributed by atoms with Crippen LogP contribution in [0.5, 0.6) is 0 Å². The lowest BCUT2D eigenvalue weighted by molar-refractivity contribution is -0.396. The Kier molecular flexibility index (Phi) is 5.98. The zero-order valence-electron chi connectivity index (χ0n) is 15.0. The van der Waals surface area contributed by atoms with Gasteiger partial charge in [0.05, 0.1) is 18.1 Å². The van der Waals surface area contributed by atoms with Gasteiger partial charge in [-0.2, -0.15) is 8.42 Å². The summed E-state index contributed by atoms with van der Waals surface area (Å²) in [5, 5.41) is 17.7. The second-order valence-corrected chi connectivity index (χ2v) is 7.95. The molecule has 0 bridgehead atoms. The van der Waals surface area contributed by atoms with Crippen molar-refractivity contribution < 1.29 is 22.3 Å². The molecular formula is C16H17FN6O5S. The lowest BCUT2D eigenvalue weighted by Gasteiger charge is -2.12. The summed E-state index contributed by atoms with van der Waals surface area (Å²) >= 11 is 0. The summed E-state index contributed by atoms with van der Waals surface area (Å²) in [6, 6.07) is 6.71. The lowest BCUT2D eigenvalue weighted by Crippen LogP contribution is -2.23. The molecule has 0 aliphatic carbocycles. The van der Waals surface area contributed by atoms with Crippen molar-refractivity contribution in [2.24, 2.45) is 0 Å². The van der Waals surface area contributed by atoms with E-state index in [1.54, 1.807) is 30.5 Å². The normalized spacial score (nSPS) is 12.8. The highest BCUT2D eigenvalue weighted by Gasteiger charge is 2.23. The van der Waals surface area contributed by atoms with Gasteiger partial charge in [-0.15, -0.1) is 5.10 Å². The first-order chi connectivity index (χ1) is 13.8. The van der Waals surface area contributed by atoms with Crippen molar-refractivity contribution in [1.29, 1.82) is 0 Å². The Bertz CT molecular complexity index is 1100. The fourth-order valence-corrected chi connectivity index (χ4v) is 3.58. The number of halogens is 1. The minimum Gasteiger partial charge on any atom is -0.390 e. The highest BCUT2D eigenvalue weighted by molar-refractivity contribution is 7.86. The predicted octanol–water partition coefficient (Wildman–Crippen LogP) is 1.71. The van der Waals surface area contributed by atoms with E-state index >= 15 is 0 Å². The maximum atomic E-state index is 12.5. The minimum absolute atomic E-state index is 0.0139. The van der Waals surface area contributed by atoms with Crippen LogP contribution in [-0.2, 0) is 23.2 Å². The number of hydrogen-bond donors (Lipinski definition) is 1. The van der Waals surface area contributed by atoms with Crippen molar-refractivity contribution >= 4 is 16.1 Å². The summed E-state index contributed by atoms with van der Waals surface area (Å²) in [5.74, 6) is -0.312. The van der Waals surface area contributed by atoms with Crippen LogP contribution in [0.4, 0.5) is 10.3 Å². The number of nitrogens with zero attached hydrogens (tertiary/aromatic N) is 6. The Morgan fingerprint density at radius 2 is 2.00 bits per heavy atom. The molecule has 1 unspecified atom stereocenters. The van der Waals surface area contributed by atoms with Gasteiger partial charge in [0, 0.05) is 5.56 Å². The molecule has 13 heteroatoms. The zero-order chi connectivity index (χ0) is 21.0. The maximum absolute atomic E-state index is 12.5. The second-order valence-electron chi connectivity index (χ2n) is 6.25. The first-order valence-electron chi connectivity index (χ1n) is 8.45. The third-order valence-corrected chi connectivity index (χ3v) is 5.50. The van der Waals surface area contributed by atoms with E-state index in [0.717, 1.165) is 0 Å². The first kappa shape index (κ1) is 20.5. The Morgan fingerprint density at radius 1 is 1.28 bits per heavy atom. The third kappa shape index (κ3) is 5.00. The SMILES string of the molecule is O=[N+]([O-])c1nccn1Cn1cc(-c2ccc(CC(CC[18F])S(=O)(=O)O)cc2)nn1. The fraction of sp³-hybridized carbons (Fsp3) is 0.312. The van der Waals surface area contributed by atoms with Crippen LogP contribution in [0.25, 0.3) is 11.3 Å². The van der Waals surface area contributed by atoms with Crippen LogP contribution >= 0.6 is 0 Å². The second kappa shape index (κ2) is 8.45. The van der Waals surface area contributed by atoms with Gasteiger partial charge in [0.15, 0.2) is 6.67 Å². The van der Waals surface area contributed by atoms with Crippen molar-refractivity contribution in [2.45, 2.75) is 24.8 Å². The Labute approximate surface area is 164 Å². The van der Waals surface area contributed by atoms with Gasteiger partial charge < -0.3 is 10.1 Å². The number of aromatic nitrogens is 5. The van der Waals surface area contributed by atoms with Gasteiger partial charge in [-0.3, -0.25) is 8.94 Å². The molecule has 2 aromatic heterocycles. The molecule has 3 rings (SSSR count). The molecular weight excluding hydrogens is 406 g/mol. The first-order valence-corrected chi connectivity index (χ1v) is 9.95. The molecule has 0 aliphatic rings. The molecule has 0 saturated heterocycles. The molecule has 0 saturated carbocycles. The summed E-state index contributed by atoms with van der Waals surface area (Å²) in [5.41, 5.74) is 1.81. The molecule has 154 valence electrons. The van der Waals surface area contributed by atoms with Crippen LogP contribution in [0.2, 0.25) is 0 Å². The molecule has 11 nitrogen and oxygen atoms in total. The Morgan fingerprint density at radius 3 is 2.62 bits per heavy atom. The summed E-state index contributed by atoms with van der Waals surface area (Å²) in [7, 11) is -4.34. The van der Waals surface area contributed by atoms with E-state index < -0.39 is 27.0 Å².